The van der Waals surface area contributed by atoms with Gasteiger partial charge in [-0.1, -0.05) is 25.5 Å². The van der Waals surface area contributed by atoms with Gasteiger partial charge in [-0.3, -0.25) is 14.4 Å². The Hall–Kier alpha value is -1.65. The van der Waals surface area contributed by atoms with E-state index in [0.717, 1.165) is 32.1 Å². The summed E-state index contributed by atoms with van der Waals surface area (Å²) in [5, 5.41) is 8.72. The first kappa shape index (κ1) is 23.5. The molecule has 0 aromatic heterocycles. The lowest BCUT2D eigenvalue weighted by atomic mass is 9.47. The summed E-state index contributed by atoms with van der Waals surface area (Å²) in [4.78, 5) is 35.2. The SMILES string of the molecule is CC(=O)[C@H]1CC[C@H]2[C@@H]3CC=C4C[C@@H](OC(=O)CCCCC(=O)O)CC[C@]4(C)[C@H]3CC[C@]12C. The highest BCUT2D eigenvalue weighted by Crippen LogP contribution is 2.66. The van der Waals surface area contributed by atoms with Crippen LogP contribution in [0.25, 0.3) is 0 Å². The third kappa shape index (κ3) is 4.17. The molecule has 7 atom stereocenters. The summed E-state index contributed by atoms with van der Waals surface area (Å²) >= 11 is 0. The smallest absolute Gasteiger partial charge is 0.306 e. The van der Waals surface area contributed by atoms with Crippen molar-refractivity contribution in [3.8, 4) is 0 Å². The molecule has 4 rings (SSSR count). The van der Waals surface area contributed by atoms with Gasteiger partial charge in [0.25, 0.3) is 0 Å². The molecule has 4 aliphatic rings. The van der Waals surface area contributed by atoms with Crippen molar-refractivity contribution >= 4 is 17.7 Å². The average molecular weight is 445 g/mol. The van der Waals surface area contributed by atoms with Gasteiger partial charge in [0, 0.05) is 25.2 Å². The number of Topliss-reactive ketones (excluding diaryl/α,β-unsaturated/α-hetero) is 1. The second kappa shape index (κ2) is 8.95. The minimum Gasteiger partial charge on any atom is -0.481 e. The molecule has 1 N–H and O–H groups in total. The number of carbonyl (C=O) groups excluding carboxylic acids is 2. The molecule has 0 bridgehead atoms. The standard InChI is InChI=1S/C27H40O5/c1-17(28)21-10-11-22-20-9-8-18-16-19(32-25(31)7-5-4-6-24(29)30)12-14-26(18,2)23(20)13-15-27(21,22)3/h8,19-23H,4-7,9-16H2,1-3H3,(H,29,30)/t19-,20-,21+,22-,23-,26-,27+/m0/s1. The van der Waals surface area contributed by atoms with E-state index in [0.29, 0.717) is 42.8 Å². The van der Waals surface area contributed by atoms with Gasteiger partial charge in [-0.2, -0.15) is 0 Å². The number of rotatable bonds is 7. The molecule has 32 heavy (non-hydrogen) atoms. The zero-order valence-corrected chi connectivity index (χ0v) is 20.0. The number of hydrogen-bond donors (Lipinski definition) is 1. The number of fused-ring (bicyclic) bond motifs is 5. The first-order valence-electron chi connectivity index (χ1n) is 12.8. The van der Waals surface area contributed by atoms with Gasteiger partial charge in [0.2, 0.25) is 0 Å². The molecule has 0 saturated heterocycles. The second-order valence-electron chi connectivity index (χ2n) is 11.5. The van der Waals surface area contributed by atoms with E-state index in [1.807, 2.05) is 0 Å². The minimum absolute atomic E-state index is 0.0414. The molecule has 178 valence electrons. The van der Waals surface area contributed by atoms with Crippen molar-refractivity contribution in [2.24, 2.45) is 34.5 Å². The number of ether oxygens (including phenoxy) is 1. The number of ketones is 1. The summed E-state index contributed by atoms with van der Waals surface area (Å²) in [7, 11) is 0. The summed E-state index contributed by atoms with van der Waals surface area (Å²) in [5.41, 5.74) is 1.86. The predicted molar refractivity (Wildman–Crippen MR) is 122 cm³/mol. The molecule has 0 heterocycles. The Bertz CT molecular complexity index is 800. The first-order valence-corrected chi connectivity index (χ1v) is 12.8. The van der Waals surface area contributed by atoms with E-state index in [2.05, 4.69) is 19.9 Å². The number of unbranched alkanes of at least 4 members (excludes halogenated alkanes) is 1. The number of aliphatic carboxylic acids is 1. The Morgan fingerprint density at radius 3 is 2.50 bits per heavy atom. The Balaban J connectivity index is 1.38. The zero-order chi connectivity index (χ0) is 23.1. The summed E-state index contributed by atoms with van der Waals surface area (Å²) in [6.07, 6.45) is 12.5. The largest absolute Gasteiger partial charge is 0.481 e. The highest BCUT2D eigenvalue weighted by atomic mass is 16.5. The van der Waals surface area contributed by atoms with Gasteiger partial charge in [-0.25, -0.2) is 0 Å². The van der Waals surface area contributed by atoms with Gasteiger partial charge in [0.1, 0.15) is 11.9 Å². The molecule has 0 unspecified atom stereocenters. The van der Waals surface area contributed by atoms with Crippen molar-refractivity contribution in [2.75, 3.05) is 0 Å². The second-order valence-corrected chi connectivity index (χ2v) is 11.5. The molecule has 0 aliphatic heterocycles. The lowest BCUT2D eigenvalue weighted by Gasteiger charge is -2.58. The van der Waals surface area contributed by atoms with Crippen LogP contribution < -0.4 is 0 Å². The third-order valence-corrected chi connectivity index (χ3v) is 9.87. The summed E-state index contributed by atoms with van der Waals surface area (Å²) < 4.78 is 5.79. The highest BCUT2D eigenvalue weighted by Gasteiger charge is 2.59. The molecule has 0 radical (unpaired) electrons. The van der Waals surface area contributed by atoms with E-state index in [1.54, 1.807) is 6.92 Å². The number of carboxylic acid groups (broad SMARTS) is 1. The predicted octanol–water partition coefficient (Wildman–Crippen LogP) is 5.71. The van der Waals surface area contributed by atoms with Crippen LogP contribution in [-0.4, -0.2) is 28.9 Å². The van der Waals surface area contributed by atoms with Crippen molar-refractivity contribution in [1.29, 1.82) is 0 Å². The van der Waals surface area contributed by atoms with E-state index in [1.165, 1.54) is 24.8 Å². The van der Waals surface area contributed by atoms with Crippen LogP contribution in [0.1, 0.15) is 97.8 Å². The maximum atomic E-state index is 12.3. The normalized spacial score (nSPS) is 40.5. The van der Waals surface area contributed by atoms with Crippen LogP contribution in [0.5, 0.6) is 0 Å². The minimum atomic E-state index is -0.815. The molecule has 3 fully saturated rings. The van der Waals surface area contributed by atoms with E-state index in [4.69, 9.17) is 9.84 Å². The molecule has 0 spiro atoms. The zero-order valence-electron chi connectivity index (χ0n) is 20.0. The van der Waals surface area contributed by atoms with Crippen molar-refractivity contribution in [1.82, 2.24) is 0 Å². The van der Waals surface area contributed by atoms with Crippen LogP contribution in [0, 0.1) is 34.5 Å². The average Bonchev–Trinajstić information content (AvgIpc) is 3.09. The van der Waals surface area contributed by atoms with Crippen molar-refractivity contribution in [3.63, 3.8) is 0 Å². The topological polar surface area (TPSA) is 80.7 Å². The monoisotopic (exact) mass is 444 g/mol. The van der Waals surface area contributed by atoms with E-state index < -0.39 is 5.97 Å². The lowest BCUT2D eigenvalue weighted by Crippen LogP contribution is -2.51. The number of hydrogen-bond acceptors (Lipinski definition) is 4. The maximum Gasteiger partial charge on any atom is 0.306 e. The van der Waals surface area contributed by atoms with Crippen LogP contribution in [-0.2, 0) is 19.1 Å². The molecule has 0 aromatic carbocycles. The van der Waals surface area contributed by atoms with Crippen molar-refractivity contribution < 1.29 is 24.2 Å². The third-order valence-electron chi connectivity index (χ3n) is 9.87. The van der Waals surface area contributed by atoms with E-state index in [-0.39, 0.29) is 35.2 Å². The number of carbonyl (C=O) groups is 3. The highest BCUT2D eigenvalue weighted by molar-refractivity contribution is 5.79. The molecule has 0 amide bonds. The van der Waals surface area contributed by atoms with E-state index in [9.17, 15) is 14.4 Å². The van der Waals surface area contributed by atoms with Crippen molar-refractivity contribution in [2.45, 2.75) is 104 Å². The number of esters is 1. The molecule has 5 nitrogen and oxygen atoms in total. The van der Waals surface area contributed by atoms with Gasteiger partial charge in [0.05, 0.1) is 0 Å². The Labute approximate surface area is 192 Å². The summed E-state index contributed by atoms with van der Waals surface area (Å²) in [6.45, 7) is 6.63. The Morgan fingerprint density at radius 1 is 1.03 bits per heavy atom. The maximum absolute atomic E-state index is 12.3. The fourth-order valence-electron chi connectivity index (χ4n) is 8.19. The lowest BCUT2D eigenvalue weighted by molar-refractivity contribution is -0.152. The molecule has 5 heteroatoms. The van der Waals surface area contributed by atoms with E-state index >= 15 is 0 Å². The molecule has 0 aromatic rings. The van der Waals surface area contributed by atoms with Gasteiger partial charge in [0.15, 0.2) is 0 Å². The Morgan fingerprint density at radius 2 is 1.78 bits per heavy atom. The number of allylic oxidation sites excluding steroid dienone is 1. The van der Waals surface area contributed by atoms with Crippen LogP contribution in [0.15, 0.2) is 11.6 Å². The molecular formula is C27H40O5. The van der Waals surface area contributed by atoms with Gasteiger partial charge < -0.3 is 9.84 Å². The van der Waals surface area contributed by atoms with Crippen LogP contribution in [0.4, 0.5) is 0 Å². The van der Waals surface area contributed by atoms with Gasteiger partial charge >= 0.3 is 11.9 Å². The van der Waals surface area contributed by atoms with Crippen LogP contribution in [0.2, 0.25) is 0 Å². The fraction of sp³-hybridized carbons (Fsp3) is 0.815. The Kier molecular flexibility index (Phi) is 6.57. The fourth-order valence-corrected chi connectivity index (χ4v) is 8.19. The van der Waals surface area contributed by atoms with Crippen LogP contribution >= 0.6 is 0 Å². The van der Waals surface area contributed by atoms with Crippen LogP contribution in [0.3, 0.4) is 0 Å². The van der Waals surface area contributed by atoms with Gasteiger partial charge in [-0.05, 0) is 93.3 Å². The summed E-state index contributed by atoms with van der Waals surface area (Å²) in [6, 6.07) is 0. The number of carboxylic acids is 1. The van der Waals surface area contributed by atoms with Gasteiger partial charge in [-0.15, -0.1) is 0 Å². The molecular weight excluding hydrogens is 404 g/mol. The molecule has 4 aliphatic carbocycles. The first-order chi connectivity index (χ1) is 15.1. The quantitative estimate of drug-likeness (QED) is 0.309. The summed E-state index contributed by atoms with van der Waals surface area (Å²) in [5.74, 6) is 1.65. The van der Waals surface area contributed by atoms with Crippen molar-refractivity contribution in [3.05, 3.63) is 11.6 Å². The molecule has 3 saturated carbocycles.